The molecule has 2 N–H and O–H groups in total. The number of amides is 4. The number of imide groups is 1. The van der Waals surface area contributed by atoms with Gasteiger partial charge in [-0.25, -0.2) is 14.2 Å². The van der Waals surface area contributed by atoms with Crippen molar-refractivity contribution in [2.24, 2.45) is 7.05 Å². The molecule has 27 heavy (non-hydrogen) atoms. The van der Waals surface area contributed by atoms with Gasteiger partial charge in [-0.2, -0.15) is 0 Å². The highest BCUT2D eigenvalue weighted by molar-refractivity contribution is 6.09. The van der Waals surface area contributed by atoms with Crippen molar-refractivity contribution >= 4 is 17.8 Å². The molecule has 0 bridgehead atoms. The molecule has 142 valence electrons. The van der Waals surface area contributed by atoms with Crippen molar-refractivity contribution in [1.82, 2.24) is 25.1 Å². The number of hydrogen-bond acceptors (Lipinski definition) is 4. The fourth-order valence-electron chi connectivity index (χ4n) is 2.97. The van der Waals surface area contributed by atoms with E-state index in [1.165, 1.54) is 31.2 Å². The van der Waals surface area contributed by atoms with Crippen LogP contribution in [0.4, 0.5) is 9.18 Å². The molecule has 9 heteroatoms. The van der Waals surface area contributed by atoms with E-state index in [1.807, 2.05) is 11.6 Å². The predicted molar refractivity (Wildman–Crippen MR) is 93.9 cm³/mol. The number of urea groups is 1. The minimum atomic E-state index is -1.34. The van der Waals surface area contributed by atoms with E-state index in [2.05, 4.69) is 15.6 Å². The number of rotatable bonds is 6. The molecule has 1 aromatic carbocycles. The zero-order chi connectivity index (χ0) is 19.6. The van der Waals surface area contributed by atoms with Crippen LogP contribution in [0.3, 0.4) is 0 Å². The largest absolute Gasteiger partial charge is 0.354 e. The van der Waals surface area contributed by atoms with Crippen LogP contribution in [0.5, 0.6) is 0 Å². The molecule has 4 amide bonds. The van der Waals surface area contributed by atoms with Crippen LogP contribution in [-0.4, -0.2) is 45.4 Å². The van der Waals surface area contributed by atoms with Gasteiger partial charge >= 0.3 is 6.03 Å². The molecule has 0 spiro atoms. The van der Waals surface area contributed by atoms with Gasteiger partial charge in [0.1, 0.15) is 23.7 Å². The summed E-state index contributed by atoms with van der Waals surface area (Å²) in [5.41, 5.74) is -0.891. The van der Waals surface area contributed by atoms with Gasteiger partial charge in [0.15, 0.2) is 0 Å². The Morgan fingerprint density at radius 1 is 1.30 bits per heavy atom. The molecule has 0 radical (unpaired) electrons. The zero-order valence-corrected chi connectivity index (χ0v) is 15.0. The molecule has 1 aliphatic rings. The maximum absolute atomic E-state index is 13.1. The number of aryl methyl sites for hydroxylation is 1. The Morgan fingerprint density at radius 3 is 2.63 bits per heavy atom. The van der Waals surface area contributed by atoms with Gasteiger partial charge in [0, 0.05) is 32.4 Å². The van der Waals surface area contributed by atoms with Crippen molar-refractivity contribution in [2.45, 2.75) is 18.9 Å². The summed E-state index contributed by atoms with van der Waals surface area (Å²) in [6.07, 6.45) is 4.00. The third-order valence-corrected chi connectivity index (χ3v) is 4.59. The van der Waals surface area contributed by atoms with Crippen molar-refractivity contribution in [3.63, 3.8) is 0 Å². The van der Waals surface area contributed by atoms with Crippen molar-refractivity contribution in [2.75, 3.05) is 13.1 Å². The summed E-state index contributed by atoms with van der Waals surface area (Å²) in [4.78, 5) is 42.1. The predicted octanol–water partition coefficient (Wildman–Crippen LogP) is 0.685. The second-order valence-electron chi connectivity index (χ2n) is 6.51. The van der Waals surface area contributed by atoms with Gasteiger partial charge in [0.05, 0.1) is 0 Å². The van der Waals surface area contributed by atoms with Crippen LogP contribution in [0.15, 0.2) is 36.7 Å². The lowest BCUT2D eigenvalue weighted by Crippen LogP contribution is -2.43. The number of nitrogens with one attached hydrogen (secondary N) is 2. The SMILES string of the molecule is Cn1ccnc1CCNC(=O)CN1C(=O)NC(C)(c2ccc(F)cc2)C1=O. The number of halogens is 1. The Labute approximate surface area is 155 Å². The van der Waals surface area contributed by atoms with Crippen LogP contribution in [0, 0.1) is 5.82 Å². The Balaban J connectivity index is 1.60. The fourth-order valence-corrected chi connectivity index (χ4v) is 2.97. The van der Waals surface area contributed by atoms with Crippen LogP contribution in [0.2, 0.25) is 0 Å². The Hall–Kier alpha value is -3.23. The highest BCUT2D eigenvalue weighted by atomic mass is 19.1. The smallest absolute Gasteiger partial charge is 0.325 e. The van der Waals surface area contributed by atoms with Crippen molar-refractivity contribution in [1.29, 1.82) is 0 Å². The summed E-state index contributed by atoms with van der Waals surface area (Å²) >= 11 is 0. The summed E-state index contributed by atoms with van der Waals surface area (Å²) in [6.45, 7) is 1.48. The van der Waals surface area contributed by atoms with E-state index in [0.29, 0.717) is 18.5 Å². The van der Waals surface area contributed by atoms with E-state index >= 15 is 0 Å². The van der Waals surface area contributed by atoms with Gasteiger partial charge in [-0.15, -0.1) is 0 Å². The highest BCUT2D eigenvalue weighted by Gasteiger charge is 2.49. The van der Waals surface area contributed by atoms with Gasteiger partial charge in [0.2, 0.25) is 5.91 Å². The lowest BCUT2D eigenvalue weighted by atomic mass is 9.92. The lowest BCUT2D eigenvalue weighted by Gasteiger charge is -2.22. The quantitative estimate of drug-likeness (QED) is 0.728. The molecule has 1 atom stereocenters. The molecule has 1 aromatic heterocycles. The second kappa shape index (κ2) is 7.18. The van der Waals surface area contributed by atoms with Crippen molar-refractivity contribution in [3.05, 3.63) is 53.9 Å². The standard InChI is InChI=1S/C18H20FN5O3/c1-18(12-3-5-13(19)6-4-12)16(26)24(17(27)22-18)11-15(25)21-8-7-14-20-9-10-23(14)2/h3-6,9-10H,7-8,11H2,1-2H3,(H,21,25)(H,22,27). The average Bonchev–Trinajstić information content (AvgIpc) is 3.12. The summed E-state index contributed by atoms with van der Waals surface area (Å²) < 4.78 is 15.0. The zero-order valence-electron chi connectivity index (χ0n) is 15.0. The van der Waals surface area contributed by atoms with Gasteiger partial charge in [-0.05, 0) is 24.6 Å². The van der Waals surface area contributed by atoms with Gasteiger partial charge in [-0.3, -0.25) is 14.5 Å². The van der Waals surface area contributed by atoms with Crippen LogP contribution in [0.1, 0.15) is 18.3 Å². The van der Waals surface area contributed by atoms with Crippen LogP contribution < -0.4 is 10.6 Å². The highest BCUT2D eigenvalue weighted by Crippen LogP contribution is 2.28. The number of imidazole rings is 1. The Morgan fingerprint density at radius 2 is 2.00 bits per heavy atom. The summed E-state index contributed by atoms with van der Waals surface area (Å²) in [6, 6.07) is 4.64. The van der Waals surface area contributed by atoms with Gasteiger partial charge in [-0.1, -0.05) is 12.1 Å². The fraction of sp³-hybridized carbons (Fsp3) is 0.333. The lowest BCUT2D eigenvalue weighted by molar-refractivity contribution is -0.134. The molecule has 2 aromatic rings. The number of carbonyl (C=O) groups is 3. The molecule has 2 heterocycles. The first-order valence-corrected chi connectivity index (χ1v) is 8.44. The number of hydrogen-bond donors (Lipinski definition) is 2. The number of carbonyl (C=O) groups excluding carboxylic acids is 3. The first-order chi connectivity index (χ1) is 12.8. The van der Waals surface area contributed by atoms with Crippen LogP contribution >= 0.6 is 0 Å². The number of benzene rings is 1. The van der Waals surface area contributed by atoms with E-state index < -0.39 is 29.2 Å². The molecule has 3 rings (SSSR count). The normalized spacial score (nSPS) is 19.3. The third kappa shape index (κ3) is 3.67. The molecule has 0 aliphatic carbocycles. The molecular formula is C18H20FN5O3. The van der Waals surface area contributed by atoms with Gasteiger partial charge < -0.3 is 15.2 Å². The molecular weight excluding hydrogens is 353 g/mol. The third-order valence-electron chi connectivity index (χ3n) is 4.59. The minimum absolute atomic E-state index is 0.336. The topological polar surface area (TPSA) is 96.3 Å². The summed E-state index contributed by atoms with van der Waals surface area (Å²) in [7, 11) is 1.85. The molecule has 1 saturated heterocycles. The molecule has 1 unspecified atom stereocenters. The Kier molecular flexibility index (Phi) is 4.93. The number of nitrogens with zero attached hydrogens (tertiary/aromatic N) is 3. The first-order valence-electron chi connectivity index (χ1n) is 8.44. The van der Waals surface area contributed by atoms with Crippen LogP contribution in [0.25, 0.3) is 0 Å². The maximum atomic E-state index is 13.1. The summed E-state index contributed by atoms with van der Waals surface area (Å²) in [5.74, 6) is -0.633. The van der Waals surface area contributed by atoms with E-state index in [9.17, 15) is 18.8 Å². The van der Waals surface area contributed by atoms with E-state index in [4.69, 9.17) is 0 Å². The number of aromatic nitrogens is 2. The summed E-state index contributed by atoms with van der Waals surface area (Å²) in [5, 5.41) is 5.25. The van der Waals surface area contributed by atoms with Crippen molar-refractivity contribution in [3.8, 4) is 0 Å². The molecule has 1 fully saturated rings. The molecule has 1 aliphatic heterocycles. The van der Waals surface area contributed by atoms with E-state index in [0.717, 1.165) is 10.7 Å². The molecule has 0 saturated carbocycles. The molecule has 8 nitrogen and oxygen atoms in total. The maximum Gasteiger partial charge on any atom is 0.325 e. The first kappa shape index (κ1) is 18.6. The van der Waals surface area contributed by atoms with Crippen LogP contribution in [-0.2, 0) is 28.6 Å². The monoisotopic (exact) mass is 373 g/mol. The minimum Gasteiger partial charge on any atom is -0.354 e. The second-order valence-corrected chi connectivity index (χ2v) is 6.51. The van der Waals surface area contributed by atoms with E-state index in [-0.39, 0.29) is 6.54 Å². The average molecular weight is 373 g/mol. The van der Waals surface area contributed by atoms with Crippen molar-refractivity contribution < 1.29 is 18.8 Å². The van der Waals surface area contributed by atoms with Gasteiger partial charge in [0.25, 0.3) is 5.91 Å². The van der Waals surface area contributed by atoms with E-state index in [1.54, 1.807) is 12.4 Å². The Bertz CT molecular complexity index is 879.